The summed E-state index contributed by atoms with van der Waals surface area (Å²) in [5.41, 5.74) is 0. The van der Waals surface area contributed by atoms with Gasteiger partial charge in [-0.1, -0.05) is 32.8 Å². The Morgan fingerprint density at radius 2 is 1.47 bits per heavy atom. The van der Waals surface area contributed by atoms with Crippen LogP contribution in [0.4, 0.5) is 0 Å². The van der Waals surface area contributed by atoms with Crippen LogP contribution in [-0.4, -0.2) is 28.6 Å². The highest BCUT2D eigenvalue weighted by molar-refractivity contribution is 6.61. The summed E-state index contributed by atoms with van der Waals surface area (Å²) in [4.78, 5) is 0. The van der Waals surface area contributed by atoms with Gasteiger partial charge >= 0.3 is 8.80 Å². The van der Waals surface area contributed by atoms with Gasteiger partial charge in [0.2, 0.25) is 0 Å². The van der Waals surface area contributed by atoms with Crippen LogP contribution in [0.2, 0.25) is 6.04 Å². The molecule has 102 valence electrons. The van der Waals surface area contributed by atoms with Crippen molar-refractivity contribution in [3.8, 4) is 0 Å². The molecule has 0 unspecified atom stereocenters. The van der Waals surface area contributed by atoms with Crippen molar-refractivity contribution in [1.29, 1.82) is 0 Å². The van der Waals surface area contributed by atoms with E-state index in [2.05, 4.69) is 20.4 Å². The molecule has 0 aromatic carbocycles. The van der Waals surface area contributed by atoms with E-state index in [0.717, 1.165) is 38.9 Å². The Balaban J connectivity index is 4.30. The molecule has 0 aliphatic heterocycles. The van der Waals surface area contributed by atoms with Crippen molar-refractivity contribution < 1.29 is 13.3 Å². The van der Waals surface area contributed by atoms with Crippen LogP contribution in [0, 0.1) is 0 Å². The lowest BCUT2D eigenvalue weighted by atomic mass is 10.4. The molecule has 4 heteroatoms. The monoisotopic (exact) mass is 260 g/mol. The maximum absolute atomic E-state index is 5.92. The molecule has 3 nitrogen and oxygen atoms in total. The number of rotatable bonds is 12. The second-order valence-corrected chi connectivity index (χ2v) is 6.65. The molecule has 0 saturated heterocycles. The molecule has 0 rings (SSSR count). The Labute approximate surface area is 108 Å². The van der Waals surface area contributed by atoms with E-state index in [1.807, 2.05) is 13.0 Å². The van der Waals surface area contributed by atoms with E-state index in [9.17, 15) is 0 Å². The van der Waals surface area contributed by atoms with Crippen molar-refractivity contribution >= 4 is 8.80 Å². The lowest BCUT2D eigenvalue weighted by molar-refractivity contribution is 0.0639. The fourth-order valence-corrected chi connectivity index (χ4v) is 3.75. The number of hydrogen-bond acceptors (Lipinski definition) is 3. The van der Waals surface area contributed by atoms with Gasteiger partial charge in [-0.3, -0.25) is 0 Å². The third-order valence-corrected chi connectivity index (χ3v) is 5.20. The number of hydrogen-bond donors (Lipinski definition) is 0. The summed E-state index contributed by atoms with van der Waals surface area (Å²) in [5.74, 6) is 0. The molecule has 0 saturated carbocycles. The number of unbranched alkanes of at least 4 members (excludes halogenated alkanes) is 2. The van der Waals surface area contributed by atoms with Gasteiger partial charge in [-0.2, -0.15) is 0 Å². The van der Waals surface area contributed by atoms with E-state index in [4.69, 9.17) is 13.3 Å². The Bertz CT molecular complexity index is 176. The quantitative estimate of drug-likeness (QED) is 0.304. The summed E-state index contributed by atoms with van der Waals surface area (Å²) in [6.07, 6.45) is 6.20. The standard InChI is InChI=1S/C13H28O3Si/c1-5-9-11-15-17(13-7-3,14-8-4)16-12-10-6-2/h7H,3,5-6,8-13H2,1-2,4H3. The highest BCUT2D eigenvalue weighted by atomic mass is 28.4. The zero-order valence-corrected chi connectivity index (χ0v) is 12.7. The van der Waals surface area contributed by atoms with E-state index >= 15 is 0 Å². The molecule has 0 atom stereocenters. The van der Waals surface area contributed by atoms with Gasteiger partial charge in [-0.05, 0) is 19.8 Å². The smallest absolute Gasteiger partial charge is 0.374 e. The first-order valence-electron chi connectivity index (χ1n) is 6.77. The Morgan fingerprint density at radius 1 is 0.941 bits per heavy atom. The molecule has 0 aliphatic carbocycles. The van der Waals surface area contributed by atoms with E-state index in [1.54, 1.807) is 0 Å². The average molecular weight is 260 g/mol. The van der Waals surface area contributed by atoms with Gasteiger partial charge in [0.25, 0.3) is 0 Å². The first-order valence-corrected chi connectivity index (χ1v) is 8.70. The van der Waals surface area contributed by atoms with E-state index < -0.39 is 8.80 Å². The third kappa shape index (κ3) is 7.71. The lowest BCUT2D eigenvalue weighted by Gasteiger charge is -2.28. The summed E-state index contributed by atoms with van der Waals surface area (Å²) in [6, 6.07) is 0.703. The van der Waals surface area contributed by atoms with E-state index in [-0.39, 0.29) is 0 Å². The van der Waals surface area contributed by atoms with Gasteiger partial charge in [-0.15, -0.1) is 6.58 Å². The maximum Gasteiger partial charge on any atom is 0.504 e. The molecule has 0 spiro atoms. The minimum absolute atomic E-state index is 0.637. The van der Waals surface area contributed by atoms with E-state index in [0.29, 0.717) is 12.7 Å². The molecule has 0 radical (unpaired) electrons. The zero-order valence-electron chi connectivity index (χ0n) is 11.7. The van der Waals surface area contributed by atoms with Crippen LogP contribution < -0.4 is 0 Å². The lowest BCUT2D eigenvalue weighted by Crippen LogP contribution is -2.46. The Hall–Kier alpha value is -0.163. The molecule has 0 bridgehead atoms. The minimum Gasteiger partial charge on any atom is -0.374 e. The van der Waals surface area contributed by atoms with Crippen LogP contribution in [0.5, 0.6) is 0 Å². The van der Waals surface area contributed by atoms with Crippen molar-refractivity contribution in [3.63, 3.8) is 0 Å². The van der Waals surface area contributed by atoms with Crippen LogP contribution in [0.1, 0.15) is 46.5 Å². The molecular weight excluding hydrogens is 232 g/mol. The first-order chi connectivity index (χ1) is 8.24. The first kappa shape index (κ1) is 16.8. The van der Waals surface area contributed by atoms with Gasteiger partial charge in [0.1, 0.15) is 0 Å². The zero-order chi connectivity index (χ0) is 13.0. The van der Waals surface area contributed by atoms with Crippen molar-refractivity contribution in [1.82, 2.24) is 0 Å². The molecular formula is C13H28O3Si. The second kappa shape index (κ2) is 11.0. The highest BCUT2D eigenvalue weighted by Gasteiger charge is 2.39. The summed E-state index contributed by atoms with van der Waals surface area (Å²) in [6.45, 7) is 12.2. The molecule has 0 N–H and O–H groups in total. The van der Waals surface area contributed by atoms with Crippen molar-refractivity contribution in [2.45, 2.75) is 52.5 Å². The molecule has 0 aliphatic rings. The topological polar surface area (TPSA) is 27.7 Å². The normalized spacial score (nSPS) is 11.7. The Kier molecular flexibility index (Phi) is 10.9. The van der Waals surface area contributed by atoms with Crippen LogP contribution >= 0.6 is 0 Å². The third-order valence-electron chi connectivity index (χ3n) is 2.40. The SMILES string of the molecule is C=CC[Si](OCC)(OCCCC)OCCCC. The largest absolute Gasteiger partial charge is 0.504 e. The fourth-order valence-electron chi connectivity index (χ4n) is 1.44. The molecule has 0 fully saturated rings. The molecule has 0 amide bonds. The fraction of sp³-hybridized carbons (Fsp3) is 0.846. The van der Waals surface area contributed by atoms with Crippen LogP contribution in [0.15, 0.2) is 12.7 Å². The Morgan fingerprint density at radius 3 is 1.82 bits per heavy atom. The van der Waals surface area contributed by atoms with E-state index in [1.165, 1.54) is 0 Å². The summed E-state index contributed by atoms with van der Waals surface area (Å²) < 4.78 is 17.6. The molecule has 0 aromatic heterocycles. The van der Waals surface area contributed by atoms with Gasteiger partial charge < -0.3 is 13.3 Å². The van der Waals surface area contributed by atoms with Gasteiger partial charge in [0.05, 0.1) is 0 Å². The van der Waals surface area contributed by atoms with Gasteiger partial charge in [0, 0.05) is 25.9 Å². The summed E-state index contributed by atoms with van der Waals surface area (Å²) >= 11 is 0. The molecule has 0 aromatic rings. The van der Waals surface area contributed by atoms with Crippen LogP contribution in [0.3, 0.4) is 0 Å². The van der Waals surface area contributed by atoms with Crippen LogP contribution in [0.25, 0.3) is 0 Å². The predicted octanol–water partition coefficient (Wildman–Crippen LogP) is 3.78. The van der Waals surface area contributed by atoms with Crippen molar-refractivity contribution in [3.05, 3.63) is 12.7 Å². The highest BCUT2D eigenvalue weighted by Crippen LogP contribution is 2.17. The van der Waals surface area contributed by atoms with Crippen LogP contribution in [-0.2, 0) is 13.3 Å². The van der Waals surface area contributed by atoms with Gasteiger partial charge in [0.15, 0.2) is 0 Å². The summed E-state index contributed by atoms with van der Waals surface area (Å²) in [7, 11) is -2.49. The molecule has 17 heavy (non-hydrogen) atoms. The number of allylic oxidation sites excluding steroid dienone is 1. The minimum atomic E-state index is -2.49. The second-order valence-electron chi connectivity index (χ2n) is 4.01. The molecule has 0 heterocycles. The summed E-state index contributed by atoms with van der Waals surface area (Å²) in [5, 5.41) is 0. The van der Waals surface area contributed by atoms with Crippen molar-refractivity contribution in [2.75, 3.05) is 19.8 Å². The van der Waals surface area contributed by atoms with Gasteiger partial charge in [-0.25, -0.2) is 0 Å². The maximum atomic E-state index is 5.92. The predicted molar refractivity (Wildman–Crippen MR) is 74.1 cm³/mol. The average Bonchev–Trinajstić information content (AvgIpc) is 2.30. The van der Waals surface area contributed by atoms with Crippen molar-refractivity contribution in [2.24, 2.45) is 0 Å².